The maximum absolute atomic E-state index is 14.3. The number of benzene rings is 3. The molecule has 4 heteroatoms. The van der Waals surface area contributed by atoms with Crippen LogP contribution in [-0.4, -0.2) is 6.61 Å². The van der Waals surface area contributed by atoms with E-state index in [9.17, 15) is 8.78 Å². The maximum atomic E-state index is 14.3. The molecule has 3 aromatic carbocycles. The fourth-order valence-electron chi connectivity index (χ4n) is 4.18. The highest BCUT2D eigenvalue weighted by Crippen LogP contribution is 2.39. The third-order valence-corrected chi connectivity index (χ3v) is 5.81. The molecule has 0 heterocycles. The lowest BCUT2D eigenvalue weighted by Crippen LogP contribution is -2.03. The molecule has 0 aromatic heterocycles. The molecule has 0 amide bonds. The van der Waals surface area contributed by atoms with Gasteiger partial charge in [-0.3, -0.25) is 0 Å². The van der Waals surface area contributed by atoms with E-state index in [4.69, 9.17) is 9.47 Å². The Bertz CT molecular complexity index is 1080. The van der Waals surface area contributed by atoms with Crippen molar-refractivity contribution in [3.05, 3.63) is 82.4 Å². The Morgan fingerprint density at radius 3 is 2.35 bits per heavy atom. The van der Waals surface area contributed by atoms with Gasteiger partial charge in [0.2, 0.25) is 5.82 Å². The zero-order valence-electron chi connectivity index (χ0n) is 18.1. The van der Waals surface area contributed by atoms with Crippen molar-refractivity contribution < 1.29 is 18.3 Å². The second kappa shape index (κ2) is 9.51. The van der Waals surface area contributed by atoms with Gasteiger partial charge < -0.3 is 9.47 Å². The molecule has 0 saturated carbocycles. The minimum absolute atomic E-state index is 0.0392. The number of unbranched alkanes of at least 4 members (excludes halogenated alkanes) is 2. The van der Waals surface area contributed by atoms with E-state index in [0.29, 0.717) is 5.75 Å². The van der Waals surface area contributed by atoms with Crippen molar-refractivity contribution in [2.24, 2.45) is 0 Å². The molecule has 162 valence electrons. The normalized spacial score (nSPS) is 11.9. The van der Waals surface area contributed by atoms with Crippen molar-refractivity contribution in [1.29, 1.82) is 0 Å². The lowest BCUT2D eigenvalue weighted by molar-refractivity contribution is 0.289. The van der Waals surface area contributed by atoms with E-state index in [1.54, 1.807) is 6.92 Å². The first kappa shape index (κ1) is 21.4. The van der Waals surface area contributed by atoms with Crippen LogP contribution in [0, 0.1) is 11.6 Å². The van der Waals surface area contributed by atoms with Crippen molar-refractivity contribution in [2.75, 3.05) is 6.61 Å². The molecule has 0 spiro atoms. The SMILES string of the molecule is CCCCCc1ccc2c(c1)Cc1cc(OCc3ccc(OCC)c(F)c3F)ccc1-2. The zero-order chi connectivity index (χ0) is 21.8. The third-order valence-electron chi connectivity index (χ3n) is 5.81. The Labute approximate surface area is 182 Å². The standard InChI is InChI=1S/C27H28F2O2/c1-3-5-6-7-18-8-11-23-20(14-18)15-21-16-22(10-12-24(21)23)31-17-19-9-13-25(30-4-2)27(29)26(19)28/h8-14,16H,3-7,15,17H2,1-2H3. The molecular weight excluding hydrogens is 394 g/mol. The summed E-state index contributed by atoms with van der Waals surface area (Å²) in [6, 6.07) is 15.7. The quantitative estimate of drug-likeness (QED) is 0.265. The number of hydrogen-bond donors (Lipinski definition) is 0. The summed E-state index contributed by atoms with van der Waals surface area (Å²) in [7, 11) is 0. The molecule has 0 aliphatic heterocycles. The monoisotopic (exact) mass is 422 g/mol. The first-order chi connectivity index (χ1) is 15.1. The zero-order valence-corrected chi connectivity index (χ0v) is 18.1. The van der Waals surface area contributed by atoms with Crippen molar-refractivity contribution in [1.82, 2.24) is 0 Å². The largest absolute Gasteiger partial charge is 0.491 e. The van der Waals surface area contributed by atoms with Crippen LogP contribution in [0.15, 0.2) is 48.5 Å². The van der Waals surface area contributed by atoms with Gasteiger partial charge in [0.05, 0.1) is 6.61 Å². The molecule has 1 aliphatic carbocycles. The molecule has 2 nitrogen and oxygen atoms in total. The Kier molecular flexibility index (Phi) is 6.55. The van der Waals surface area contributed by atoms with E-state index in [2.05, 4.69) is 31.2 Å². The number of fused-ring (bicyclic) bond motifs is 3. The van der Waals surface area contributed by atoms with Crippen LogP contribution < -0.4 is 9.47 Å². The van der Waals surface area contributed by atoms with Gasteiger partial charge in [-0.05, 0) is 78.3 Å². The van der Waals surface area contributed by atoms with E-state index in [1.807, 2.05) is 12.1 Å². The van der Waals surface area contributed by atoms with Crippen LogP contribution >= 0.6 is 0 Å². The summed E-state index contributed by atoms with van der Waals surface area (Å²) in [6.45, 7) is 4.19. The molecule has 0 N–H and O–H groups in total. The fraction of sp³-hybridized carbons (Fsp3) is 0.333. The summed E-state index contributed by atoms with van der Waals surface area (Å²) >= 11 is 0. The van der Waals surface area contributed by atoms with Crippen molar-refractivity contribution >= 4 is 0 Å². The molecule has 0 radical (unpaired) electrons. The van der Waals surface area contributed by atoms with E-state index in [1.165, 1.54) is 59.2 Å². The highest BCUT2D eigenvalue weighted by molar-refractivity contribution is 5.77. The summed E-state index contributed by atoms with van der Waals surface area (Å²) < 4.78 is 39.3. The number of hydrogen-bond acceptors (Lipinski definition) is 2. The van der Waals surface area contributed by atoms with Gasteiger partial charge in [0.15, 0.2) is 11.6 Å². The second-order valence-corrected chi connectivity index (χ2v) is 8.02. The lowest BCUT2D eigenvalue weighted by atomic mass is 10.0. The molecule has 0 unspecified atom stereocenters. The molecule has 4 rings (SSSR count). The van der Waals surface area contributed by atoms with Crippen molar-refractivity contribution in [3.63, 3.8) is 0 Å². The van der Waals surface area contributed by atoms with Gasteiger partial charge in [0, 0.05) is 5.56 Å². The molecule has 1 aliphatic rings. The molecule has 3 aromatic rings. The highest BCUT2D eigenvalue weighted by atomic mass is 19.2. The van der Waals surface area contributed by atoms with Crippen LogP contribution in [0.1, 0.15) is 55.4 Å². The predicted octanol–water partition coefficient (Wildman–Crippen LogP) is 7.25. The fourth-order valence-corrected chi connectivity index (χ4v) is 4.18. The van der Waals surface area contributed by atoms with E-state index >= 15 is 0 Å². The van der Waals surface area contributed by atoms with Gasteiger partial charge in [0.25, 0.3) is 0 Å². The van der Waals surface area contributed by atoms with Crippen molar-refractivity contribution in [2.45, 2.75) is 52.6 Å². The first-order valence-electron chi connectivity index (χ1n) is 11.1. The van der Waals surface area contributed by atoms with Gasteiger partial charge >= 0.3 is 0 Å². The summed E-state index contributed by atoms with van der Waals surface area (Å²) in [6.07, 6.45) is 5.71. The topological polar surface area (TPSA) is 18.5 Å². The minimum atomic E-state index is -0.970. The maximum Gasteiger partial charge on any atom is 0.201 e. The third kappa shape index (κ3) is 4.58. The van der Waals surface area contributed by atoms with Gasteiger partial charge in [-0.25, -0.2) is 4.39 Å². The number of aryl methyl sites for hydroxylation is 1. The number of rotatable bonds is 9. The molecule has 0 bridgehead atoms. The Balaban J connectivity index is 1.45. The number of ether oxygens (including phenoxy) is 2. The van der Waals surface area contributed by atoms with Gasteiger partial charge in [0.1, 0.15) is 12.4 Å². The summed E-state index contributed by atoms with van der Waals surface area (Å²) in [5, 5.41) is 0. The predicted molar refractivity (Wildman–Crippen MR) is 120 cm³/mol. The van der Waals surface area contributed by atoms with Crippen LogP contribution in [0.5, 0.6) is 11.5 Å². The van der Waals surface area contributed by atoms with Crippen LogP contribution in [0.2, 0.25) is 0 Å². The summed E-state index contributed by atoms with van der Waals surface area (Å²) in [5.41, 5.74) is 6.62. The van der Waals surface area contributed by atoms with E-state index < -0.39 is 11.6 Å². The Morgan fingerprint density at radius 2 is 1.58 bits per heavy atom. The first-order valence-corrected chi connectivity index (χ1v) is 11.1. The Morgan fingerprint density at radius 1 is 0.806 bits per heavy atom. The van der Waals surface area contributed by atoms with Gasteiger partial charge in [-0.1, -0.05) is 44.0 Å². The highest BCUT2D eigenvalue weighted by Gasteiger charge is 2.20. The summed E-state index contributed by atoms with van der Waals surface area (Å²) in [4.78, 5) is 0. The Hall–Kier alpha value is -2.88. The van der Waals surface area contributed by atoms with Crippen LogP contribution in [0.3, 0.4) is 0 Å². The van der Waals surface area contributed by atoms with Crippen LogP contribution in [0.25, 0.3) is 11.1 Å². The van der Waals surface area contributed by atoms with Gasteiger partial charge in [-0.15, -0.1) is 0 Å². The van der Waals surface area contributed by atoms with Crippen LogP contribution in [-0.2, 0) is 19.4 Å². The lowest BCUT2D eigenvalue weighted by Gasteiger charge is -2.11. The average molecular weight is 423 g/mol. The molecule has 0 fully saturated rings. The smallest absolute Gasteiger partial charge is 0.201 e. The number of halogens is 2. The average Bonchev–Trinajstić information content (AvgIpc) is 3.13. The molecule has 0 saturated heterocycles. The molecular formula is C27H28F2O2. The van der Waals surface area contributed by atoms with Crippen LogP contribution in [0.4, 0.5) is 8.78 Å². The van der Waals surface area contributed by atoms with E-state index in [0.717, 1.165) is 12.8 Å². The second-order valence-electron chi connectivity index (χ2n) is 8.02. The van der Waals surface area contributed by atoms with E-state index in [-0.39, 0.29) is 24.5 Å². The molecule has 0 atom stereocenters. The molecule has 31 heavy (non-hydrogen) atoms. The van der Waals surface area contributed by atoms with Crippen molar-refractivity contribution in [3.8, 4) is 22.6 Å². The summed E-state index contributed by atoms with van der Waals surface area (Å²) in [5.74, 6) is -1.31. The minimum Gasteiger partial charge on any atom is -0.491 e. The van der Waals surface area contributed by atoms with Gasteiger partial charge in [-0.2, -0.15) is 4.39 Å².